The fraction of sp³-hybridized carbons (Fsp3) is 0.125. The van der Waals surface area contributed by atoms with Crippen molar-refractivity contribution in [1.29, 1.82) is 0 Å². The molecule has 168 valence electrons. The van der Waals surface area contributed by atoms with Gasteiger partial charge < -0.3 is 18.9 Å². The third-order valence-electron chi connectivity index (χ3n) is 4.58. The minimum atomic E-state index is -0.537. The standard InChI is InChI=1S/C24H19ClN2O6/c1-15-9-18(6-7-20(15)25)30-13-23(28)27-26-12-16-3-2-4-19(10-16)33-24(29)17-5-8-21-22(11-17)32-14-31-21/h2-12H,13-14H2,1H3,(H,27,28)/b26-12+. The van der Waals surface area contributed by atoms with Gasteiger partial charge in [0, 0.05) is 5.02 Å². The van der Waals surface area contributed by atoms with E-state index in [-0.39, 0.29) is 13.4 Å². The van der Waals surface area contributed by atoms with Crippen molar-refractivity contribution in [3.63, 3.8) is 0 Å². The molecule has 1 amide bonds. The molecule has 9 heteroatoms. The highest BCUT2D eigenvalue weighted by Crippen LogP contribution is 2.32. The summed E-state index contributed by atoms with van der Waals surface area (Å²) in [6.45, 7) is 1.77. The molecule has 0 aliphatic carbocycles. The van der Waals surface area contributed by atoms with Crippen LogP contribution in [0.1, 0.15) is 21.5 Å². The summed E-state index contributed by atoms with van der Waals surface area (Å²) in [5.74, 6) is 0.980. The summed E-state index contributed by atoms with van der Waals surface area (Å²) in [5.41, 5.74) is 4.20. The molecule has 3 aromatic rings. The first-order chi connectivity index (χ1) is 16.0. The highest BCUT2D eigenvalue weighted by molar-refractivity contribution is 6.31. The molecule has 33 heavy (non-hydrogen) atoms. The van der Waals surface area contributed by atoms with Crippen LogP contribution < -0.4 is 24.4 Å². The fourth-order valence-electron chi connectivity index (χ4n) is 2.91. The van der Waals surface area contributed by atoms with E-state index in [1.165, 1.54) is 6.21 Å². The number of hydrogen-bond acceptors (Lipinski definition) is 7. The molecule has 1 aliphatic heterocycles. The molecule has 0 radical (unpaired) electrons. The SMILES string of the molecule is Cc1cc(OCC(=O)N/N=C/c2cccc(OC(=O)c3ccc4c(c3)OCO4)c2)ccc1Cl. The number of carbonyl (C=O) groups excluding carboxylic acids is 2. The molecule has 1 heterocycles. The summed E-state index contributed by atoms with van der Waals surface area (Å²) in [7, 11) is 0. The molecule has 0 bridgehead atoms. The van der Waals surface area contributed by atoms with Crippen molar-refractivity contribution >= 4 is 29.7 Å². The van der Waals surface area contributed by atoms with Gasteiger partial charge in [0.25, 0.3) is 5.91 Å². The first-order valence-corrected chi connectivity index (χ1v) is 10.3. The van der Waals surface area contributed by atoms with E-state index >= 15 is 0 Å². The number of amides is 1. The van der Waals surface area contributed by atoms with Crippen LogP contribution in [0.2, 0.25) is 5.02 Å². The van der Waals surface area contributed by atoms with Gasteiger partial charge in [-0.05, 0) is 66.6 Å². The fourth-order valence-corrected chi connectivity index (χ4v) is 3.03. The monoisotopic (exact) mass is 466 g/mol. The molecule has 0 atom stereocenters. The Labute approximate surface area is 194 Å². The molecular formula is C24H19ClN2O6. The molecule has 1 aliphatic rings. The van der Waals surface area contributed by atoms with E-state index in [1.54, 1.807) is 60.7 Å². The Bertz CT molecular complexity index is 1230. The predicted octanol–water partition coefficient (Wildman–Crippen LogP) is 4.13. The average Bonchev–Trinajstić information content (AvgIpc) is 3.28. The number of halogens is 1. The number of aryl methyl sites for hydroxylation is 1. The molecule has 3 aromatic carbocycles. The zero-order valence-electron chi connectivity index (χ0n) is 17.5. The quantitative estimate of drug-likeness (QED) is 0.243. The van der Waals surface area contributed by atoms with Crippen LogP contribution in [-0.2, 0) is 4.79 Å². The normalized spacial score (nSPS) is 11.9. The first-order valence-electron chi connectivity index (χ1n) is 9.91. The zero-order valence-corrected chi connectivity index (χ0v) is 18.3. The number of hydrogen-bond donors (Lipinski definition) is 1. The smallest absolute Gasteiger partial charge is 0.343 e. The van der Waals surface area contributed by atoms with E-state index in [0.29, 0.717) is 39.1 Å². The summed E-state index contributed by atoms with van der Waals surface area (Å²) < 4.78 is 21.4. The van der Waals surface area contributed by atoms with Crippen molar-refractivity contribution in [1.82, 2.24) is 5.43 Å². The highest BCUT2D eigenvalue weighted by Gasteiger charge is 2.17. The average molecular weight is 467 g/mol. The Morgan fingerprint density at radius 1 is 1.06 bits per heavy atom. The third-order valence-corrected chi connectivity index (χ3v) is 5.00. The minimum Gasteiger partial charge on any atom is -0.484 e. The summed E-state index contributed by atoms with van der Waals surface area (Å²) in [5, 5.41) is 4.53. The van der Waals surface area contributed by atoms with Crippen molar-refractivity contribution in [3.8, 4) is 23.0 Å². The van der Waals surface area contributed by atoms with Crippen LogP contribution in [-0.4, -0.2) is 31.5 Å². The predicted molar refractivity (Wildman–Crippen MR) is 121 cm³/mol. The number of benzene rings is 3. The second-order valence-electron chi connectivity index (χ2n) is 7.02. The molecule has 0 spiro atoms. The lowest BCUT2D eigenvalue weighted by Crippen LogP contribution is -2.24. The van der Waals surface area contributed by atoms with Crippen LogP contribution in [0.3, 0.4) is 0 Å². The highest BCUT2D eigenvalue weighted by atomic mass is 35.5. The van der Waals surface area contributed by atoms with Crippen molar-refractivity contribution in [2.75, 3.05) is 13.4 Å². The number of nitrogens with one attached hydrogen (secondary N) is 1. The van der Waals surface area contributed by atoms with E-state index in [0.717, 1.165) is 5.56 Å². The van der Waals surface area contributed by atoms with Crippen molar-refractivity contribution < 1.29 is 28.5 Å². The zero-order chi connectivity index (χ0) is 23.2. The lowest BCUT2D eigenvalue weighted by atomic mass is 10.2. The molecule has 0 saturated heterocycles. The summed E-state index contributed by atoms with van der Waals surface area (Å²) in [6, 6.07) is 16.7. The molecule has 0 fully saturated rings. The molecule has 8 nitrogen and oxygen atoms in total. The third kappa shape index (κ3) is 5.81. The molecule has 1 N–H and O–H groups in total. The topological polar surface area (TPSA) is 95.5 Å². The summed E-state index contributed by atoms with van der Waals surface area (Å²) in [6.07, 6.45) is 1.43. The van der Waals surface area contributed by atoms with Crippen LogP contribution in [0.4, 0.5) is 0 Å². The van der Waals surface area contributed by atoms with Gasteiger partial charge in [0.2, 0.25) is 6.79 Å². The first kappa shape index (κ1) is 22.2. The number of esters is 1. The van der Waals surface area contributed by atoms with Crippen LogP contribution in [0.15, 0.2) is 65.8 Å². The molecule has 4 rings (SSSR count). The molecule has 0 unspecified atom stereocenters. The lowest BCUT2D eigenvalue weighted by molar-refractivity contribution is -0.123. The number of hydrazone groups is 1. The van der Waals surface area contributed by atoms with Gasteiger partial charge in [-0.1, -0.05) is 23.7 Å². The number of nitrogens with zero attached hydrogens (tertiary/aromatic N) is 1. The van der Waals surface area contributed by atoms with E-state index in [2.05, 4.69) is 10.5 Å². The van der Waals surface area contributed by atoms with Crippen molar-refractivity contribution in [2.45, 2.75) is 6.92 Å². The van der Waals surface area contributed by atoms with Crippen LogP contribution >= 0.6 is 11.6 Å². The van der Waals surface area contributed by atoms with Gasteiger partial charge in [0.1, 0.15) is 11.5 Å². The van der Waals surface area contributed by atoms with Gasteiger partial charge in [-0.25, -0.2) is 10.2 Å². The Morgan fingerprint density at radius 2 is 1.91 bits per heavy atom. The van der Waals surface area contributed by atoms with Crippen LogP contribution in [0.5, 0.6) is 23.0 Å². The summed E-state index contributed by atoms with van der Waals surface area (Å²) in [4.78, 5) is 24.4. The van der Waals surface area contributed by atoms with Crippen molar-refractivity contribution in [2.24, 2.45) is 5.10 Å². The van der Waals surface area contributed by atoms with Gasteiger partial charge in [-0.15, -0.1) is 0 Å². The maximum Gasteiger partial charge on any atom is 0.343 e. The van der Waals surface area contributed by atoms with Gasteiger partial charge in [0.15, 0.2) is 18.1 Å². The Morgan fingerprint density at radius 3 is 2.76 bits per heavy atom. The second kappa shape index (κ2) is 10.1. The number of carbonyl (C=O) groups is 2. The largest absolute Gasteiger partial charge is 0.484 e. The molecule has 0 aromatic heterocycles. The number of ether oxygens (including phenoxy) is 4. The Balaban J connectivity index is 1.29. The lowest BCUT2D eigenvalue weighted by Gasteiger charge is -2.07. The van der Waals surface area contributed by atoms with E-state index in [1.807, 2.05) is 6.92 Å². The van der Waals surface area contributed by atoms with Gasteiger partial charge in [-0.2, -0.15) is 5.10 Å². The van der Waals surface area contributed by atoms with E-state index < -0.39 is 11.9 Å². The summed E-state index contributed by atoms with van der Waals surface area (Å²) >= 11 is 5.97. The number of fused-ring (bicyclic) bond motifs is 1. The van der Waals surface area contributed by atoms with Gasteiger partial charge in [0.05, 0.1) is 11.8 Å². The van der Waals surface area contributed by atoms with E-state index in [9.17, 15) is 9.59 Å². The van der Waals surface area contributed by atoms with Gasteiger partial charge >= 0.3 is 5.97 Å². The Kier molecular flexibility index (Phi) is 6.75. The minimum absolute atomic E-state index is 0.124. The van der Waals surface area contributed by atoms with Crippen molar-refractivity contribution in [3.05, 3.63) is 82.4 Å². The maximum absolute atomic E-state index is 12.4. The molecular weight excluding hydrogens is 448 g/mol. The Hall–Kier alpha value is -4.04. The van der Waals surface area contributed by atoms with Crippen LogP contribution in [0, 0.1) is 6.92 Å². The van der Waals surface area contributed by atoms with Gasteiger partial charge in [-0.3, -0.25) is 4.79 Å². The van der Waals surface area contributed by atoms with E-state index in [4.69, 9.17) is 30.5 Å². The second-order valence-corrected chi connectivity index (χ2v) is 7.43. The maximum atomic E-state index is 12.4. The number of rotatable bonds is 7. The molecule has 0 saturated carbocycles. The van der Waals surface area contributed by atoms with Crippen LogP contribution in [0.25, 0.3) is 0 Å².